The summed E-state index contributed by atoms with van der Waals surface area (Å²) in [5, 5.41) is 9.54. The van der Waals surface area contributed by atoms with Crippen molar-refractivity contribution < 1.29 is 9.59 Å². The number of imide groups is 1. The number of aryl methyl sites for hydroxylation is 1. The fraction of sp³-hybridized carbons (Fsp3) is 0.100. The maximum atomic E-state index is 13.0. The molecule has 0 unspecified atom stereocenters. The van der Waals surface area contributed by atoms with Crippen molar-refractivity contribution in [2.75, 3.05) is 4.90 Å². The summed E-state index contributed by atoms with van der Waals surface area (Å²) in [5.74, 6) is -1.93. The van der Waals surface area contributed by atoms with Gasteiger partial charge in [0.1, 0.15) is 16.8 Å². The van der Waals surface area contributed by atoms with Crippen LogP contribution in [-0.2, 0) is 16.6 Å². The lowest BCUT2D eigenvalue weighted by Crippen LogP contribution is -2.32. The number of fused-ring (bicyclic) bond motifs is 1. The Morgan fingerprint density at radius 2 is 1.70 bits per heavy atom. The molecular formula is C20H13ClN4O2. The predicted molar refractivity (Wildman–Crippen MR) is 101 cm³/mol. The van der Waals surface area contributed by atoms with Gasteiger partial charge in [-0.15, -0.1) is 0 Å². The normalized spacial score (nSPS) is 15.5. The lowest BCUT2D eigenvalue weighted by atomic mass is 9.99. The van der Waals surface area contributed by atoms with E-state index in [1.165, 1.54) is 0 Å². The van der Waals surface area contributed by atoms with Gasteiger partial charge in [-0.25, -0.2) is 9.88 Å². The lowest BCUT2D eigenvalue weighted by Gasteiger charge is -2.15. The van der Waals surface area contributed by atoms with E-state index in [1.807, 2.05) is 24.3 Å². The zero-order valence-electron chi connectivity index (χ0n) is 14.3. The smallest absolute Gasteiger partial charge is 0.277 e. The second kappa shape index (κ2) is 6.38. The van der Waals surface area contributed by atoms with Gasteiger partial charge in [0.15, 0.2) is 0 Å². The molecule has 1 aliphatic rings. The first-order valence-corrected chi connectivity index (χ1v) is 8.57. The van der Waals surface area contributed by atoms with E-state index in [1.54, 1.807) is 41.9 Å². The van der Waals surface area contributed by atoms with Crippen molar-refractivity contribution in [3.8, 4) is 6.07 Å². The van der Waals surface area contributed by atoms with Crippen LogP contribution in [0.5, 0.6) is 0 Å². The molecule has 2 aromatic carbocycles. The van der Waals surface area contributed by atoms with Gasteiger partial charge < -0.3 is 4.57 Å². The van der Waals surface area contributed by atoms with Crippen LogP contribution in [-0.4, -0.2) is 21.4 Å². The molecule has 0 saturated carbocycles. The van der Waals surface area contributed by atoms with Gasteiger partial charge in [0.2, 0.25) is 0 Å². The quantitative estimate of drug-likeness (QED) is 0.657. The molecule has 7 heteroatoms. The summed E-state index contributed by atoms with van der Waals surface area (Å²) in [5.41, 5.74) is 1.87. The van der Waals surface area contributed by atoms with Crippen molar-refractivity contribution in [3.63, 3.8) is 0 Å². The monoisotopic (exact) mass is 376 g/mol. The number of aromatic nitrogens is 2. The van der Waals surface area contributed by atoms with E-state index in [9.17, 15) is 14.9 Å². The highest BCUT2D eigenvalue weighted by atomic mass is 35.5. The summed E-state index contributed by atoms with van der Waals surface area (Å²) in [4.78, 5) is 31.1. The van der Waals surface area contributed by atoms with Crippen LogP contribution in [0.3, 0.4) is 0 Å². The number of carbonyl (C=O) groups excluding carboxylic acids is 2. The average molecular weight is 377 g/mol. The summed E-state index contributed by atoms with van der Waals surface area (Å²) < 4.78 is 1.74. The van der Waals surface area contributed by atoms with Gasteiger partial charge in [-0.1, -0.05) is 41.9 Å². The molecule has 4 rings (SSSR count). The highest BCUT2D eigenvalue weighted by molar-refractivity contribution is 6.53. The molecule has 1 aliphatic heterocycles. The van der Waals surface area contributed by atoms with Crippen LogP contribution in [0.15, 0.2) is 65.2 Å². The van der Waals surface area contributed by atoms with E-state index in [0.717, 1.165) is 10.4 Å². The van der Waals surface area contributed by atoms with Gasteiger partial charge in [0, 0.05) is 7.05 Å². The molecule has 1 aromatic heterocycles. The zero-order chi connectivity index (χ0) is 19.1. The third-order valence-corrected chi connectivity index (χ3v) is 4.94. The molecule has 1 atom stereocenters. The van der Waals surface area contributed by atoms with Gasteiger partial charge in [0.05, 0.1) is 28.4 Å². The molecule has 0 bridgehead atoms. The molecule has 2 amide bonds. The van der Waals surface area contributed by atoms with E-state index in [0.29, 0.717) is 17.0 Å². The Morgan fingerprint density at radius 3 is 2.37 bits per heavy atom. The van der Waals surface area contributed by atoms with E-state index in [4.69, 9.17) is 11.6 Å². The molecular weight excluding hydrogens is 364 g/mol. The molecule has 27 heavy (non-hydrogen) atoms. The first kappa shape index (κ1) is 17.0. The minimum Gasteiger partial charge on any atom is -0.330 e. The van der Waals surface area contributed by atoms with Crippen molar-refractivity contribution in [1.29, 1.82) is 5.26 Å². The molecule has 132 valence electrons. The average Bonchev–Trinajstić information content (AvgIpc) is 3.13. The van der Waals surface area contributed by atoms with E-state index in [-0.39, 0.29) is 10.6 Å². The fourth-order valence-corrected chi connectivity index (χ4v) is 3.53. The zero-order valence-corrected chi connectivity index (χ0v) is 15.0. The Balaban J connectivity index is 1.83. The molecule has 0 aliphatic carbocycles. The number of nitriles is 1. The topological polar surface area (TPSA) is 79.0 Å². The maximum Gasteiger partial charge on any atom is 0.277 e. The summed E-state index contributed by atoms with van der Waals surface area (Å²) in [6.45, 7) is 0. The Labute approximate surface area is 159 Å². The fourth-order valence-electron chi connectivity index (χ4n) is 3.26. The number of para-hydroxylation sites is 3. The summed E-state index contributed by atoms with van der Waals surface area (Å²) >= 11 is 6.22. The molecule has 0 spiro atoms. The van der Waals surface area contributed by atoms with Crippen molar-refractivity contribution >= 4 is 40.1 Å². The van der Waals surface area contributed by atoms with Crippen molar-refractivity contribution in [2.45, 2.75) is 5.92 Å². The van der Waals surface area contributed by atoms with E-state index >= 15 is 0 Å². The number of amides is 2. The van der Waals surface area contributed by atoms with Gasteiger partial charge in [0.25, 0.3) is 11.8 Å². The Hall–Kier alpha value is -3.43. The molecule has 0 saturated heterocycles. The number of carbonyl (C=O) groups is 2. The molecule has 0 fully saturated rings. The predicted octanol–water partition coefficient (Wildman–Crippen LogP) is 3.25. The molecule has 3 aromatic rings. The minimum absolute atomic E-state index is 0.0496. The van der Waals surface area contributed by atoms with Crippen molar-refractivity contribution in [3.05, 3.63) is 71.0 Å². The lowest BCUT2D eigenvalue weighted by molar-refractivity contribution is -0.120. The number of anilines is 1. The number of hydrogen-bond acceptors (Lipinski definition) is 4. The number of halogens is 1. The first-order valence-electron chi connectivity index (χ1n) is 8.19. The Kier molecular flexibility index (Phi) is 4.02. The van der Waals surface area contributed by atoms with Crippen molar-refractivity contribution in [2.24, 2.45) is 7.05 Å². The second-order valence-corrected chi connectivity index (χ2v) is 6.47. The second-order valence-electron chi connectivity index (χ2n) is 6.09. The molecule has 6 nitrogen and oxygen atoms in total. The highest BCUT2D eigenvalue weighted by Gasteiger charge is 2.43. The minimum atomic E-state index is -1.06. The van der Waals surface area contributed by atoms with E-state index < -0.39 is 17.7 Å². The number of imidazole rings is 1. The van der Waals surface area contributed by atoms with Crippen molar-refractivity contribution in [1.82, 2.24) is 9.55 Å². The number of benzene rings is 2. The third-order valence-electron chi connectivity index (χ3n) is 4.57. The summed E-state index contributed by atoms with van der Waals surface area (Å²) in [6.07, 6.45) is 0. The highest BCUT2D eigenvalue weighted by Crippen LogP contribution is 2.37. The Bertz CT molecular complexity index is 1160. The maximum absolute atomic E-state index is 13.0. The largest absolute Gasteiger partial charge is 0.330 e. The van der Waals surface area contributed by atoms with Crippen LogP contribution >= 0.6 is 11.6 Å². The van der Waals surface area contributed by atoms with Crippen LogP contribution in [0.25, 0.3) is 11.0 Å². The van der Waals surface area contributed by atoms with Crippen LogP contribution in [0.2, 0.25) is 0 Å². The number of rotatable bonds is 3. The third kappa shape index (κ3) is 2.52. The van der Waals surface area contributed by atoms with Crippen LogP contribution < -0.4 is 4.90 Å². The summed E-state index contributed by atoms with van der Waals surface area (Å²) in [6, 6.07) is 18.0. The molecule has 0 N–H and O–H groups in total. The van der Waals surface area contributed by atoms with E-state index in [2.05, 4.69) is 11.1 Å². The first-order chi connectivity index (χ1) is 13.0. The standard InChI is InChI=1S/C20H13ClN4O2/c1-24-15-10-6-5-9-14(15)23-18(24)13(11-22)16-17(21)20(27)25(19(16)26)12-7-3-2-4-8-12/h2-10,13H,1H3/t13-/m1/s1. The van der Waals surface area contributed by atoms with Crippen LogP contribution in [0, 0.1) is 11.3 Å². The van der Waals surface area contributed by atoms with Crippen LogP contribution in [0.1, 0.15) is 11.7 Å². The number of hydrogen-bond donors (Lipinski definition) is 0. The number of nitrogens with zero attached hydrogens (tertiary/aromatic N) is 4. The Morgan fingerprint density at radius 1 is 1.04 bits per heavy atom. The molecule has 2 heterocycles. The van der Waals surface area contributed by atoms with Gasteiger partial charge in [-0.05, 0) is 24.3 Å². The van der Waals surface area contributed by atoms with Gasteiger partial charge in [-0.3, -0.25) is 9.59 Å². The van der Waals surface area contributed by atoms with Gasteiger partial charge >= 0.3 is 0 Å². The molecule has 0 radical (unpaired) electrons. The SMILES string of the molecule is Cn1c([C@H](C#N)C2=C(Cl)C(=O)N(c3ccccc3)C2=O)nc2ccccc21. The van der Waals surface area contributed by atoms with Crippen LogP contribution in [0.4, 0.5) is 5.69 Å². The van der Waals surface area contributed by atoms with Gasteiger partial charge in [-0.2, -0.15) is 5.26 Å². The summed E-state index contributed by atoms with van der Waals surface area (Å²) in [7, 11) is 1.76.